The van der Waals surface area contributed by atoms with E-state index in [1.165, 1.54) is 11.8 Å². The Morgan fingerprint density at radius 3 is 2.32 bits per heavy atom. The van der Waals surface area contributed by atoms with Gasteiger partial charge in [0, 0.05) is 12.4 Å². The van der Waals surface area contributed by atoms with E-state index in [0.29, 0.717) is 12.2 Å². The molecule has 0 rings (SSSR count). The molecule has 0 radical (unpaired) electrons. The number of carbonyl (C=O) groups excluding carboxylic acids is 1. The third-order valence-electron chi connectivity index (χ3n) is 2.02. The number of hydrogen-bond acceptors (Lipinski definition) is 6. The average molecular weight is 295 g/mol. The van der Waals surface area contributed by atoms with E-state index < -0.39 is 36.4 Å². The standard InChI is InChI=1S/C10H17NO7S/c12-2-1-3-19-5-6(10(17)18)11-9(16)7(13)4-8(14)15/h6-7,12-13H,1-5H2,(H,11,16)(H,14,15)(H,17,18)/t6-,7-/m0/s1. The number of amides is 1. The second-order valence-electron chi connectivity index (χ2n) is 3.67. The Labute approximate surface area is 113 Å². The summed E-state index contributed by atoms with van der Waals surface area (Å²) in [7, 11) is 0. The van der Waals surface area contributed by atoms with Crippen LogP contribution in [-0.4, -0.2) is 68.5 Å². The summed E-state index contributed by atoms with van der Waals surface area (Å²) in [6.45, 7) is -0.00553. The smallest absolute Gasteiger partial charge is 0.327 e. The van der Waals surface area contributed by atoms with E-state index >= 15 is 0 Å². The second-order valence-corrected chi connectivity index (χ2v) is 4.81. The minimum Gasteiger partial charge on any atom is -0.481 e. The van der Waals surface area contributed by atoms with Gasteiger partial charge in [-0.25, -0.2) is 4.79 Å². The molecule has 0 aromatic heterocycles. The lowest BCUT2D eigenvalue weighted by Crippen LogP contribution is -2.47. The fourth-order valence-corrected chi connectivity index (χ4v) is 2.03. The van der Waals surface area contributed by atoms with Gasteiger partial charge in [0.15, 0.2) is 0 Å². The highest BCUT2D eigenvalue weighted by molar-refractivity contribution is 7.99. The van der Waals surface area contributed by atoms with Crippen molar-refractivity contribution in [3.8, 4) is 0 Å². The largest absolute Gasteiger partial charge is 0.481 e. The van der Waals surface area contributed by atoms with Crippen molar-refractivity contribution >= 4 is 29.6 Å². The van der Waals surface area contributed by atoms with Crippen LogP contribution >= 0.6 is 11.8 Å². The molecule has 0 heterocycles. The molecular weight excluding hydrogens is 278 g/mol. The number of carboxylic acid groups (broad SMARTS) is 2. The molecule has 0 unspecified atom stereocenters. The maximum atomic E-state index is 11.3. The van der Waals surface area contributed by atoms with Crippen LogP contribution in [0.15, 0.2) is 0 Å². The van der Waals surface area contributed by atoms with Crippen LogP contribution in [0.3, 0.4) is 0 Å². The van der Waals surface area contributed by atoms with Crippen LogP contribution in [0.5, 0.6) is 0 Å². The third kappa shape index (κ3) is 8.41. The first-order valence-corrected chi connectivity index (χ1v) is 6.65. The van der Waals surface area contributed by atoms with Crippen molar-refractivity contribution < 1.29 is 34.8 Å². The van der Waals surface area contributed by atoms with Crippen molar-refractivity contribution in [1.29, 1.82) is 0 Å². The monoisotopic (exact) mass is 295 g/mol. The number of aliphatic carboxylic acids is 2. The van der Waals surface area contributed by atoms with Crippen molar-refractivity contribution in [2.45, 2.75) is 25.0 Å². The average Bonchev–Trinajstić information content (AvgIpc) is 2.31. The summed E-state index contributed by atoms with van der Waals surface area (Å²) in [5.41, 5.74) is 0. The van der Waals surface area contributed by atoms with Crippen molar-refractivity contribution in [3.05, 3.63) is 0 Å². The number of rotatable bonds is 10. The number of aliphatic hydroxyl groups is 2. The zero-order chi connectivity index (χ0) is 14.8. The first kappa shape index (κ1) is 17.7. The lowest BCUT2D eigenvalue weighted by atomic mass is 10.2. The van der Waals surface area contributed by atoms with Gasteiger partial charge in [-0.05, 0) is 12.2 Å². The van der Waals surface area contributed by atoms with Gasteiger partial charge in [0.1, 0.15) is 12.1 Å². The van der Waals surface area contributed by atoms with Crippen LogP contribution in [-0.2, 0) is 14.4 Å². The van der Waals surface area contributed by atoms with E-state index in [2.05, 4.69) is 5.32 Å². The van der Waals surface area contributed by atoms with E-state index in [-0.39, 0.29) is 12.4 Å². The zero-order valence-electron chi connectivity index (χ0n) is 10.1. The Bertz CT molecular complexity index is 323. The van der Waals surface area contributed by atoms with Crippen LogP contribution in [0.2, 0.25) is 0 Å². The molecule has 19 heavy (non-hydrogen) atoms. The van der Waals surface area contributed by atoms with Crippen molar-refractivity contribution in [2.24, 2.45) is 0 Å². The van der Waals surface area contributed by atoms with Gasteiger partial charge in [-0.2, -0.15) is 11.8 Å². The summed E-state index contributed by atoms with van der Waals surface area (Å²) < 4.78 is 0. The summed E-state index contributed by atoms with van der Waals surface area (Å²) in [6.07, 6.45) is -2.05. The quantitative estimate of drug-likeness (QED) is 0.306. The van der Waals surface area contributed by atoms with E-state index in [1.807, 2.05) is 0 Å². The van der Waals surface area contributed by atoms with Crippen molar-refractivity contribution in [3.63, 3.8) is 0 Å². The lowest BCUT2D eigenvalue weighted by Gasteiger charge is -2.16. The van der Waals surface area contributed by atoms with E-state index in [0.717, 1.165) is 0 Å². The normalized spacial score (nSPS) is 13.6. The molecule has 0 fully saturated rings. The first-order valence-electron chi connectivity index (χ1n) is 5.50. The van der Waals surface area contributed by atoms with Crippen LogP contribution in [0.4, 0.5) is 0 Å². The van der Waals surface area contributed by atoms with E-state index in [9.17, 15) is 19.5 Å². The Hall–Kier alpha value is -1.32. The van der Waals surface area contributed by atoms with E-state index in [4.69, 9.17) is 15.3 Å². The van der Waals surface area contributed by atoms with Gasteiger partial charge < -0.3 is 25.7 Å². The first-order chi connectivity index (χ1) is 8.88. The molecule has 0 bridgehead atoms. The molecule has 0 aromatic carbocycles. The maximum Gasteiger partial charge on any atom is 0.327 e. The highest BCUT2D eigenvalue weighted by Gasteiger charge is 2.25. The molecule has 9 heteroatoms. The van der Waals surface area contributed by atoms with Gasteiger partial charge in [-0.1, -0.05) is 0 Å². The van der Waals surface area contributed by atoms with Crippen LogP contribution in [0.1, 0.15) is 12.8 Å². The second kappa shape index (κ2) is 9.59. The SMILES string of the molecule is O=C(O)C[C@H](O)C(=O)N[C@@H](CSCCCO)C(=O)O. The lowest BCUT2D eigenvalue weighted by molar-refractivity contribution is -0.146. The molecule has 0 spiro atoms. The number of hydrogen-bond donors (Lipinski definition) is 5. The number of nitrogens with one attached hydrogen (secondary N) is 1. The molecule has 0 saturated carbocycles. The van der Waals surface area contributed by atoms with Gasteiger partial charge in [-0.15, -0.1) is 0 Å². The maximum absolute atomic E-state index is 11.3. The topological polar surface area (TPSA) is 144 Å². The predicted molar refractivity (Wildman–Crippen MR) is 66.9 cm³/mol. The highest BCUT2D eigenvalue weighted by Crippen LogP contribution is 2.06. The molecule has 110 valence electrons. The summed E-state index contributed by atoms with van der Waals surface area (Å²) in [5, 5.41) is 37.1. The fraction of sp³-hybridized carbons (Fsp3) is 0.700. The predicted octanol–water partition coefficient (Wildman–Crippen LogP) is -1.49. The van der Waals surface area contributed by atoms with Gasteiger partial charge in [0.2, 0.25) is 5.91 Å². The zero-order valence-corrected chi connectivity index (χ0v) is 10.9. The third-order valence-corrected chi connectivity index (χ3v) is 3.16. The van der Waals surface area contributed by atoms with Crippen LogP contribution in [0.25, 0.3) is 0 Å². The molecule has 0 aliphatic rings. The molecule has 0 saturated heterocycles. The minimum atomic E-state index is -1.78. The van der Waals surface area contributed by atoms with Gasteiger partial charge in [0.25, 0.3) is 0 Å². The molecular formula is C10H17NO7S. The van der Waals surface area contributed by atoms with Crippen LogP contribution in [0, 0.1) is 0 Å². The number of carbonyl (C=O) groups is 3. The summed E-state index contributed by atoms with van der Waals surface area (Å²) in [5.74, 6) is -3.05. The molecule has 0 aliphatic carbocycles. The van der Waals surface area contributed by atoms with Gasteiger partial charge in [0.05, 0.1) is 6.42 Å². The Morgan fingerprint density at radius 1 is 1.21 bits per heavy atom. The van der Waals surface area contributed by atoms with Gasteiger partial charge >= 0.3 is 11.9 Å². The summed E-state index contributed by atoms with van der Waals surface area (Å²) in [6, 6.07) is -1.21. The Kier molecular flexibility index (Phi) is 8.92. The van der Waals surface area contributed by atoms with Crippen molar-refractivity contribution in [1.82, 2.24) is 5.32 Å². The molecule has 5 N–H and O–H groups in total. The highest BCUT2D eigenvalue weighted by atomic mass is 32.2. The Morgan fingerprint density at radius 2 is 1.84 bits per heavy atom. The number of thioether (sulfide) groups is 1. The minimum absolute atomic E-state index is 0.00553. The van der Waals surface area contributed by atoms with Crippen LogP contribution < -0.4 is 5.32 Å². The summed E-state index contributed by atoms with van der Waals surface area (Å²) >= 11 is 1.23. The number of carboxylic acids is 2. The van der Waals surface area contributed by atoms with E-state index in [1.54, 1.807) is 0 Å². The molecule has 8 nitrogen and oxygen atoms in total. The molecule has 0 aliphatic heterocycles. The molecule has 0 aromatic rings. The Balaban J connectivity index is 4.22. The van der Waals surface area contributed by atoms with Crippen molar-refractivity contribution in [2.75, 3.05) is 18.1 Å². The molecule has 1 amide bonds. The molecule has 2 atom stereocenters. The number of aliphatic hydroxyl groups excluding tert-OH is 2. The fourth-order valence-electron chi connectivity index (χ4n) is 1.07. The summed E-state index contributed by atoms with van der Waals surface area (Å²) in [4.78, 5) is 32.5. The van der Waals surface area contributed by atoms with Gasteiger partial charge in [-0.3, -0.25) is 9.59 Å².